The summed E-state index contributed by atoms with van der Waals surface area (Å²) < 4.78 is 7.16. The molecule has 0 unspecified atom stereocenters. The average Bonchev–Trinajstić information content (AvgIpc) is 3.16. The van der Waals surface area contributed by atoms with Crippen molar-refractivity contribution in [2.75, 3.05) is 23.8 Å². The van der Waals surface area contributed by atoms with Crippen LogP contribution >= 0.6 is 0 Å². The fourth-order valence-electron chi connectivity index (χ4n) is 3.63. The minimum atomic E-state index is -0.800. The lowest BCUT2D eigenvalue weighted by Crippen LogP contribution is -2.52. The van der Waals surface area contributed by atoms with Crippen LogP contribution in [-0.4, -0.2) is 49.5 Å². The number of nitrogens with zero attached hydrogens (tertiary/aromatic N) is 4. The van der Waals surface area contributed by atoms with E-state index in [2.05, 4.69) is 25.6 Å². The summed E-state index contributed by atoms with van der Waals surface area (Å²) in [7, 11) is 0. The molecule has 4 aromatic rings. The lowest BCUT2D eigenvalue weighted by atomic mass is 10.0. The highest BCUT2D eigenvalue weighted by Crippen LogP contribution is 2.27. The van der Waals surface area contributed by atoms with Crippen molar-refractivity contribution in [2.24, 2.45) is 0 Å². The first-order chi connectivity index (χ1) is 15.5. The van der Waals surface area contributed by atoms with Crippen molar-refractivity contribution >= 4 is 28.4 Å². The van der Waals surface area contributed by atoms with Crippen LogP contribution in [0.1, 0.15) is 5.69 Å². The van der Waals surface area contributed by atoms with E-state index in [4.69, 9.17) is 4.74 Å². The van der Waals surface area contributed by atoms with Gasteiger partial charge in [0.05, 0.1) is 49.7 Å². The van der Waals surface area contributed by atoms with Crippen molar-refractivity contribution in [3.63, 3.8) is 0 Å². The van der Waals surface area contributed by atoms with Crippen LogP contribution in [0.2, 0.25) is 0 Å². The van der Waals surface area contributed by atoms with Crippen molar-refractivity contribution in [3.05, 3.63) is 66.9 Å². The summed E-state index contributed by atoms with van der Waals surface area (Å²) in [4.78, 5) is 25.2. The zero-order valence-electron chi connectivity index (χ0n) is 17.4. The fourth-order valence-corrected chi connectivity index (χ4v) is 3.63. The van der Waals surface area contributed by atoms with E-state index in [9.17, 15) is 9.90 Å². The summed E-state index contributed by atoms with van der Waals surface area (Å²) >= 11 is 0. The Kier molecular flexibility index (Phi) is 5.04. The van der Waals surface area contributed by atoms with Gasteiger partial charge in [-0.3, -0.25) is 15.3 Å². The number of pyridine rings is 1. The Morgan fingerprint density at radius 1 is 1.16 bits per heavy atom. The Morgan fingerprint density at radius 2 is 2.03 bits per heavy atom. The number of aliphatic hydroxyl groups is 1. The molecule has 1 fully saturated rings. The number of aryl methyl sites for hydroxylation is 1. The summed E-state index contributed by atoms with van der Waals surface area (Å²) in [5.41, 5.74) is 3.19. The number of urea groups is 1. The Hall–Kier alpha value is -3.82. The predicted molar refractivity (Wildman–Crippen MR) is 120 cm³/mol. The van der Waals surface area contributed by atoms with Gasteiger partial charge in [-0.25, -0.2) is 9.78 Å². The van der Waals surface area contributed by atoms with E-state index < -0.39 is 11.6 Å². The van der Waals surface area contributed by atoms with E-state index in [-0.39, 0.29) is 0 Å². The zero-order valence-corrected chi connectivity index (χ0v) is 17.4. The number of fused-ring (bicyclic) bond motifs is 1. The standard InChI is InChI=1S/C23H22N6O3/c1-15-2-4-18(9-25-15)26-22(30)28-21-11-24-10-19(27-21)16-3-5-20-17(8-16)6-7-29(20)12-23(31)13-32-14-23/h2-11,31H,12-14H2,1H3,(H2,26,27,28,30). The Labute approximate surface area is 184 Å². The summed E-state index contributed by atoms with van der Waals surface area (Å²) in [6.45, 7) is 3.08. The molecule has 0 atom stereocenters. The van der Waals surface area contributed by atoms with Gasteiger partial charge >= 0.3 is 6.03 Å². The minimum Gasteiger partial charge on any atom is -0.383 e. The number of rotatable bonds is 5. The van der Waals surface area contributed by atoms with Gasteiger partial charge in [-0.1, -0.05) is 6.07 Å². The molecule has 3 N–H and O–H groups in total. The van der Waals surface area contributed by atoms with Crippen molar-refractivity contribution in [1.29, 1.82) is 0 Å². The number of carbonyl (C=O) groups excluding carboxylic acids is 1. The van der Waals surface area contributed by atoms with Crippen LogP contribution in [0, 0.1) is 6.92 Å². The van der Waals surface area contributed by atoms with E-state index in [0.717, 1.165) is 22.2 Å². The Morgan fingerprint density at radius 3 is 2.78 bits per heavy atom. The molecule has 4 heterocycles. The van der Waals surface area contributed by atoms with Gasteiger partial charge < -0.3 is 19.7 Å². The highest BCUT2D eigenvalue weighted by molar-refractivity contribution is 5.99. The van der Waals surface area contributed by atoms with Crippen LogP contribution in [0.25, 0.3) is 22.2 Å². The molecule has 162 valence electrons. The monoisotopic (exact) mass is 430 g/mol. The molecule has 32 heavy (non-hydrogen) atoms. The van der Waals surface area contributed by atoms with Crippen LogP contribution in [0.15, 0.2) is 61.2 Å². The number of anilines is 2. The SMILES string of the molecule is Cc1ccc(NC(=O)Nc2cncc(-c3ccc4c(ccn4CC4(O)COC4)c3)n2)cn1. The molecule has 2 amide bonds. The summed E-state index contributed by atoms with van der Waals surface area (Å²) in [5, 5.41) is 16.8. The van der Waals surface area contributed by atoms with Gasteiger partial charge in [-0.2, -0.15) is 0 Å². The smallest absolute Gasteiger partial charge is 0.324 e. The molecule has 1 aliphatic heterocycles. The maximum Gasteiger partial charge on any atom is 0.324 e. The van der Waals surface area contributed by atoms with E-state index in [1.54, 1.807) is 18.5 Å². The predicted octanol–water partition coefficient (Wildman–Crippen LogP) is 3.21. The lowest BCUT2D eigenvalue weighted by molar-refractivity contribution is -0.184. The lowest BCUT2D eigenvalue weighted by Gasteiger charge is -2.36. The Bertz CT molecular complexity index is 1280. The first kappa shape index (κ1) is 20.1. The normalized spacial score (nSPS) is 14.7. The Balaban J connectivity index is 1.32. The minimum absolute atomic E-state index is 0.338. The van der Waals surface area contributed by atoms with E-state index in [0.29, 0.717) is 37.0 Å². The second kappa shape index (κ2) is 8.03. The molecule has 0 spiro atoms. The van der Waals surface area contributed by atoms with Gasteiger partial charge in [-0.05, 0) is 37.3 Å². The van der Waals surface area contributed by atoms with Crippen LogP contribution in [0.3, 0.4) is 0 Å². The van der Waals surface area contributed by atoms with Gasteiger partial charge in [0.2, 0.25) is 0 Å². The van der Waals surface area contributed by atoms with E-state index in [1.807, 2.05) is 48.0 Å². The fraction of sp³-hybridized carbons (Fsp3) is 0.217. The van der Waals surface area contributed by atoms with Crippen LogP contribution in [-0.2, 0) is 11.3 Å². The molecule has 3 aromatic heterocycles. The molecular weight excluding hydrogens is 408 g/mol. The van der Waals surface area contributed by atoms with Crippen LogP contribution in [0.4, 0.5) is 16.3 Å². The quantitative estimate of drug-likeness (QED) is 0.448. The number of hydrogen-bond donors (Lipinski definition) is 3. The molecule has 1 aliphatic rings. The van der Waals surface area contributed by atoms with Crippen molar-refractivity contribution in [3.8, 4) is 11.3 Å². The summed E-state index contributed by atoms with van der Waals surface area (Å²) in [5.74, 6) is 0.338. The third kappa shape index (κ3) is 4.16. The average molecular weight is 430 g/mol. The molecule has 0 radical (unpaired) electrons. The molecule has 1 aromatic carbocycles. The zero-order chi connectivity index (χ0) is 22.1. The first-order valence-corrected chi connectivity index (χ1v) is 10.2. The number of aromatic nitrogens is 4. The van der Waals surface area contributed by atoms with E-state index >= 15 is 0 Å². The molecule has 9 nitrogen and oxygen atoms in total. The molecule has 5 rings (SSSR count). The maximum absolute atomic E-state index is 12.3. The van der Waals surface area contributed by atoms with Crippen molar-refractivity contribution in [1.82, 2.24) is 19.5 Å². The first-order valence-electron chi connectivity index (χ1n) is 10.2. The molecule has 9 heteroatoms. The van der Waals surface area contributed by atoms with Crippen LogP contribution < -0.4 is 10.6 Å². The van der Waals surface area contributed by atoms with E-state index in [1.165, 1.54) is 6.20 Å². The highest BCUT2D eigenvalue weighted by Gasteiger charge is 2.36. The second-order valence-electron chi connectivity index (χ2n) is 7.99. The molecule has 0 aliphatic carbocycles. The topological polar surface area (TPSA) is 114 Å². The van der Waals surface area contributed by atoms with Gasteiger partial charge in [0.15, 0.2) is 5.82 Å². The van der Waals surface area contributed by atoms with Gasteiger partial charge in [-0.15, -0.1) is 0 Å². The molecule has 1 saturated heterocycles. The maximum atomic E-state index is 12.3. The van der Waals surface area contributed by atoms with Crippen molar-refractivity contribution < 1.29 is 14.6 Å². The number of benzene rings is 1. The third-order valence-corrected chi connectivity index (χ3v) is 5.32. The number of nitrogens with one attached hydrogen (secondary N) is 2. The largest absolute Gasteiger partial charge is 0.383 e. The summed E-state index contributed by atoms with van der Waals surface area (Å²) in [6, 6.07) is 11.1. The van der Waals surface area contributed by atoms with Gasteiger partial charge in [0.1, 0.15) is 5.60 Å². The number of ether oxygens (including phenoxy) is 1. The molecular formula is C23H22N6O3. The van der Waals surface area contributed by atoms with Gasteiger partial charge in [0, 0.05) is 28.4 Å². The van der Waals surface area contributed by atoms with Crippen molar-refractivity contribution in [2.45, 2.75) is 19.1 Å². The number of hydrogen-bond acceptors (Lipinski definition) is 6. The molecule has 0 saturated carbocycles. The van der Waals surface area contributed by atoms with Crippen LogP contribution in [0.5, 0.6) is 0 Å². The van der Waals surface area contributed by atoms with Gasteiger partial charge in [0.25, 0.3) is 0 Å². The molecule has 0 bridgehead atoms. The third-order valence-electron chi connectivity index (χ3n) is 5.32. The number of amides is 2. The second-order valence-corrected chi connectivity index (χ2v) is 7.99. The highest BCUT2D eigenvalue weighted by atomic mass is 16.5. The number of carbonyl (C=O) groups is 1. The summed E-state index contributed by atoms with van der Waals surface area (Å²) in [6.07, 6.45) is 6.69.